The summed E-state index contributed by atoms with van der Waals surface area (Å²) in [6.07, 6.45) is 7.38. The van der Waals surface area contributed by atoms with E-state index in [2.05, 4.69) is 38.5 Å². The Morgan fingerprint density at radius 2 is 1.73 bits per heavy atom. The number of carbonyl (C=O) groups is 3. The molecule has 1 saturated carbocycles. The number of carbonyl (C=O) groups excluding carboxylic acids is 3. The van der Waals surface area contributed by atoms with E-state index in [4.69, 9.17) is 9.72 Å². The lowest BCUT2D eigenvalue weighted by Crippen LogP contribution is -2.45. The maximum absolute atomic E-state index is 13.5. The van der Waals surface area contributed by atoms with E-state index < -0.39 is 30.0 Å². The predicted molar refractivity (Wildman–Crippen MR) is 219 cm³/mol. The second kappa shape index (κ2) is 16.5. The quantitative estimate of drug-likeness (QED) is 0.149. The Morgan fingerprint density at radius 1 is 0.983 bits per heavy atom. The van der Waals surface area contributed by atoms with Crippen molar-refractivity contribution in [3.8, 4) is 5.75 Å². The van der Waals surface area contributed by atoms with Crippen LogP contribution in [-0.4, -0.2) is 85.0 Å². The highest BCUT2D eigenvalue weighted by atomic mass is 19.3. The number of pyridine rings is 2. The molecule has 0 spiro atoms. The molecule has 1 aliphatic carbocycles. The number of para-hydroxylation sites is 1. The minimum atomic E-state index is -2.75. The number of halogens is 2. The monoisotopic (exact) mass is 811 g/mol. The number of anilines is 2. The molecular formula is C43H51F2N9O5. The molecule has 6 heterocycles. The first-order chi connectivity index (χ1) is 28.3. The Bertz CT molecular complexity index is 2440. The Kier molecular flexibility index (Phi) is 11.3. The number of alkyl halides is 2. The fourth-order valence-corrected chi connectivity index (χ4v) is 9.23. The number of imidazole rings is 2. The average Bonchev–Trinajstić information content (AvgIpc) is 3.75. The fraction of sp³-hybridized carbons (Fsp3) is 0.488. The molecule has 0 radical (unpaired) electrons. The third-order valence-corrected chi connectivity index (χ3v) is 12.3. The van der Waals surface area contributed by atoms with Gasteiger partial charge in [0.25, 0.3) is 12.3 Å². The highest BCUT2D eigenvalue weighted by molar-refractivity contribution is 6.06. The first-order valence-electron chi connectivity index (χ1n) is 20.6. The summed E-state index contributed by atoms with van der Waals surface area (Å²) in [5.74, 6) is -0.00773. The molecule has 5 aromatic rings. The highest BCUT2D eigenvalue weighted by Gasteiger charge is 2.33. The van der Waals surface area contributed by atoms with Crippen LogP contribution < -0.4 is 26.0 Å². The number of ether oxygens (including phenoxy) is 1. The minimum absolute atomic E-state index is 0.0333. The summed E-state index contributed by atoms with van der Waals surface area (Å²) in [7, 11) is 3.98. The number of nitrogens with zero attached hydrogens (tertiary/aromatic N) is 7. The molecule has 59 heavy (non-hydrogen) atoms. The van der Waals surface area contributed by atoms with E-state index in [9.17, 15) is 28.0 Å². The van der Waals surface area contributed by atoms with Crippen molar-refractivity contribution < 1.29 is 27.9 Å². The first kappa shape index (κ1) is 40.2. The van der Waals surface area contributed by atoms with Gasteiger partial charge in [0.2, 0.25) is 11.8 Å². The third kappa shape index (κ3) is 8.19. The summed E-state index contributed by atoms with van der Waals surface area (Å²) in [6, 6.07) is 11.5. The molecule has 2 saturated heterocycles. The average molecular weight is 812 g/mol. The molecule has 0 bridgehead atoms. The van der Waals surface area contributed by atoms with Gasteiger partial charge in [-0.05, 0) is 96.0 Å². The lowest BCUT2D eigenvalue weighted by molar-refractivity contribution is -0.135. The zero-order valence-corrected chi connectivity index (χ0v) is 33.9. The van der Waals surface area contributed by atoms with Gasteiger partial charge in [0.1, 0.15) is 29.0 Å². The molecule has 1 aromatic carbocycles. The second-order valence-corrected chi connectivity index (χ2v) is 16.6. The van der Waals surface area contributed by atoms with Crippen LogP contribution >= 0.6 is 0 Å². The number of aryl methyl sites for hydroxylation is 1. The van der Waals surface area contributed by atoms with E-state index in [1.807, 2.05) is 36.6 Å². The van der Waals surface area contributed by atoms with E-state index in [0.717, 1.165) is 75.1 Å². The van der Waals surface area contributed by atoms with Gasteiger partial charge in [-0.1, -0.05) is 12.1 Å². The predicted octanol–water partition coefficient (Wildman–Crippen LogP) is 6.21. The summed E-state index contributed by atoms with van der Waals surface area (Å²) in [4.78, 5) is 65.1. The molecule has 3 amide bonds. The Morgan fingerprint density at radius 3 is 2.44 bits per heavy atom. The first-order valence-corrected chi connectivity index (χ1v) is 20.6. The fourth-order valence-electron chi connectivity index (χ4n) is 9.23. The topological polar surface area (TPSA) is 148 Å². The normalized spacial score (nSPS) is 20.6. The third-order valence-electron chi connectivity index (χ3n) is 12.3. The van der Waals surface area contributed by atoms with E-state index >= 15 is 0 Å². The lowest BCUT2D eigenvalue weighted by atomic mass is 9.80. The number of benzene rings is 1. The van der Waals surface area contributed by atoms with Crippen LogP contribution in [-0.2, 0) is 16.6 Å². The highest BCUT2D eigenvalue weighted by Crippen LogP contribution is 2.38. The molecule has 1 atom stereocenters. The van der Waals surface area contributed by atoms with Crippen LogP contribution in [0.1, 0.15) is 105 Å². The number of hydrogen-bond donors (Lipinski definition) is 2. The number of hydrogen-bond acceptors (Lipinski definition) is 9. The summed E-state index contributed by atoms with van der Waals surface area (Å²) in [6.45, 7) is 6.46. The van der Waals surface area contributed by atoms with Crippen molar-refractivity contribution in [1.29, 1.82) is 0 Å². The molecule has 2 aliphatic heterocycles. The summed E-state index contributed by atoms with van der Waals surface area (Å²) >= 11 is 0. The molecule has 4 aromatic heterocycles. The van der Waals surface area contributed by atoms with E-state index in [1.54, 1.807) is 28.4 Å². The number of nitrogens with one attached hydrogen (secondary N) is 2. The van der Waals surface area contributed by atoms with Crippen LogP contribution in [0.5, 0.6) is 5.75 Å². The van der Waals surface area contributed by atoms with Gasteiger partial charge in [-0.15, -0.1) is 0 Å². The van der Waals surface area contributed by atoms with Gasteiger partial charge in [0.05, 0.1) is 34.1 Å². The molecular weight excluding hydrogens is 761 g/mol. The standard InChI is InChI=1S/C43H51F2N9O5/c1-25(2)59-35-21-37-47-31(24-53(37)23-29(35)41(56)48-36-10-5-7-30(46-36)40(44)45)27-13-11-26(12-14-27)22-50(3)28-17-19-52(20-18-28)32-8-6-9-33-39(32)51(4)43(58)54(33)34-15-16-38(55)49-42(34)57/h5-10,21,23-28,34,40H,11-20,22H2,1-4H3,(H,46,48,56)(H,49,55,57). The van der Waals surface area contributed by atoms with Gasteiger partial charge in [-0.25, -0.2) is 23.5 Å². The van der Waals surface area contributed by atoms with Crippen molar-refractivity contribution in [3.63, 3.8) is 0 Å². The number of aromatic nitrogens is 5. The van der Waals surface area contributed by atoms with Crippen molar-refractivity contribution in [2.45, 2.75) is 95.7 Å². The molecule has 2 N–H and O–H groups in total. The second-order valence-electron chi connectivity index (χ2n) is 16.6. The molecule has 312 valence electrons. The van der Waals surface area contributed by atoms with E-state index in [-0.39, 0.29) is 41.4 Å². The summed E-state index contributed by atoms with van der Waals surface area (Å²) in [5, 5.41) is 5.03. The number of rotatable bonds is 11. The Balaban J connectivity index is 0.880. The lowest BCUT2D eigenvalue weighted by Gasteiger charge is -2.40. The minimum Gasteiger partial charge on any atom is -0.490 e. The van der Waals surface area contributed by atoms with Crippen LogP contribution in [0.4, 0.5) is 20.3 Å². The Hall–Kier alpha value is -5.64. The molecule has 3 fully saturated rings. The van der Waals surface area contributed by atoms with Crippen LogP contribution in [0, 0.1) is 5.92 Å². The van der Waals surface area contributed by atoms with Crippen molar-refractivity contribution >= 4 is 45.9 Å². The van der Waals surface area contributed by atoms with Crippen molar-refractivity contribution in [2.24, 2.45) is 13.0 Å². The van der Waals surface area contributed by atoms with Crippen molar-refractivity contribution in [3.05, 3.63) is 82.3 Å². The van der Waals surface area contributed by atoms with Crippen LogP contribution in [0.3, 0.4) is 0 Å². The van der Waals surface area contributed by atoms with Gasteiger partial charge in [-0.2, -0.15) is 0 Å². The van der Waals surface area contributed by atoms with E-state index in [1.165, 1.54) is 18.2 Å². The van der Waals surface area contributed by atoms with Gasteiger partial charge in [0, 0.05) is 63.5 Å². The number of amides is 3. The SMILES string of the molecule is CC(C)Oc1cc2nc(C3CCC(CN(C)C4CCN(c5cccc6c5n(C)c(=O)n6C5CCC(=O)NC5=O)CC4)CC3)cn2cc1C(=O)Nc1cccc(C(F)F)n1. The van der Waals surface area contributed by atoms with Crippen LogP contribution in [0.15, 0.2) is 59.7 Å². The Labute approximate surface area is 340 Å². The smallest absolute Gasteiger partial charge is 0.329 e. The van der Waals surface area contributed by atoms with Crippen LogP contribution in [0.25, 0.3) is 16.7 Å². The zero-order valence-electron chi connectivity index (χ0n) is 33.9. The molecule has 14 nitrogen and oxygen atoms in total. The number of imide groups is 1. The maximum Gasteiger partial charge on any atom is 0.329 e. The zero-order chi connectivity index (χ0) is 41.5. The number of piperidine rings is 2. The molecule has 1 unspecified atom stereocenters. The summed E-state index contributed by atoms with van der Waals surface area (Å²) in [5.41, 5.74) is 3.72. The van der Waals surface area contributed by atoms with Crippen LogP contribution in [0.2, 0.25) is 0 Å². The van der Waals surface area contributed by atoms with E-state index in [0.29, 0.717) is 35.3 Å². The van der Waals surface area contributed by atoms with Gasteiger partial charge < -0.3 is 24.3 Å². The van der Waals surface area contributed by atoms with Crippen molar-refractivity contribution in [2.75, 3.05) is 36.9 Å². The number of fused-ring (bicyclic) bond motifs is 2. The largest absolute Gasteiger partial charge is 0.490 e. The molecule has 8 rings (SSSR count). The van der Waals surface area contributed by atoms with Crippen molar-refractivity contribution in [1.82, 2.24) is 33.7 Å². The van der Waals surface area contributed by atoms with Gasteiger partial charge in [-0.3, -0.25) is 28.8 Å². The van der Waals surface area contributed by atoms with Gasteiger partial charge in [0.15, 0.2) is 0 Å². The van der Waals surface area contributed by atoms with Gasteiger partial charge >= 0.3 is 5.69 Å². The molecule has 3 aliphatic rings. The molecule has 16 heteroatoms. The maximum atomic E-state index is 13.5. The summed E-state index contributed by atoms with van der Waals surface area (Å²) < 4.78 is 37.5.